The van der Waals surface area contributed by atoms with Gasteiger partial charge < -0.3 is 10.2 Å². The average Bonchev–Trinajstić information content (AvgIpc) is 2.81. The van der Waals surface area contributed by atoms with Crippen molar-refractivity contribution in [1.82, 2.24) is 4.90 Å². The zero-order valence-corrected chi connectivity index (χ0v) is 13.3. The van der Waals surface area contributed by atoms with Crippen LogP contribution in [0.3, 0.4) is 0 Å². The smallest absolute Gasteiger partial charge is 0.267 e. The minimum Gasteiger partial charge on any atom is -0.376 e. The fraction of sp³-hybridized carbons (Fsp3) is 0.389. The van der Waals surface area contributed by atoms with E-state index >= 15 is 0 Å². The predicted octanol–water partition coefficient (Wildman–Crippen LogP) is 3.11. The lowest BCUT2D eigenvalue weighted by atomic mass is 10.1. The number of ketones is 1. The summed E-state index contributed by atoms with van der Waals surface area (Å²) in [6.45, 7) is 3.25. The van der Waals surface area contributed by atoms with Crippen LogP contribution >= 0.6 is 0 Å². The van der Waals surface area contributed by atoms with Crippen molar-refractivity contribution < 1.29 is 9.59 Å². The molecule has 0 atom stereocenters. The molecule has 0 radical (unpaired) electrons. The summed E-state index contributed by atoms with van der Waals surface area (Å²) in [5.41, 5.74) is 1.25. The number of hydrogen-bond acceptors (Lipinski definition) is 4. The first kappa shape index (κ1) is 16.8. The van der Waals surface area contributed by atoms with Gasteiger partial charge in [0.05, 0.1) is 0 Å². The van der Waals surface area contributed by atoms with Crippen molar-refractivity contribution in [2.45, 2.75) is 32.6 Å². The number of benzene rings is 1. The minimum atomic E-state index is -0.424. The number of anilines is 1. The second-order valence-electron chi connectivity index (χ2n) is 5.69. The lowest BCUT2D eigenvalue weighted by Gasteiger charge is -2.17. The van der Waals surface area contributed by atoms with E-state index in [4.69, 9.17) is 0 Å². The van der Waals surface area contributed by atoms with E-state index in [2.05, 4.69) is 5.32 Å². The molecule has 120 valence electrons. The summed E-state index contributed by atoms with van der Waals surface area (Å²) in [5, 5.41) is 11.9. The first-order chi connectivity index (χ1) is 11.1. The van der Waals surface area contributed by atoms with Crippen LogP contribution in [0.5, 0.6) is 0 Å². The van der Waals surface area contributed by atoms with Crippen molar-refractivity contribution in [2.24, 2.45) is 0 Å². The molecule has 0 aliphatic carbocycles. The first-order valence-electron chi connectivity index (χ1n) is 7.88. The Kier molecular flexibility index (Phi) is 5.93. The molecule has 23 heavy (non-hydrogen) atoms. The largest absolute Gasteiger partial charge is 0.376 e. The van der Waals surface area contributed by atoms with Gasteiger partial charge in [-0.3, -0.25) is 9.59 Å². The van der Waals surface area contributed by atoms with Gasteiger partial charge in [-0.25, -0.2) is 0 Å². The topological polar surface area (TPSA) is 73.2 Å². The number of carbonyl (C=O) groups excluding carboxylic acids is 2. The van der Waals surface area contributed by atoms with E-state index in [-0.39, 0.29) is 11.4 Å². The van der Waals surface area contributed by atoms with E-state index in [1.165, 1.54) is 19.8 Å². The van der Waals surface area contributed by atoms with Crippen molar-refractivity contribution in [3.8, 4) is 6.07 Å². The molecule has 2 rings (SSSR count). The molecule has 0 unspecified atom stereocenters. The molecule has 0 spiro atoms. The highest BCUT2D eigenvalue weighted by molar-refractivity contribution is 6.06. The van der Waals surface area contributed by atoms with Crippen LogP contribution in [0.15, 0.2) is 36.0 Å². The molecular weight excluding hydrogens is 290 g/mol. The molecule has 0 saturated carbocycles. The monoisotopic (exact) mass is 311 g/mol. The number of likely N-dealkylation sites (tertiary alicyclic amines) is 1. The fourth-order valence-electron chi connectivity index (χ4n) is 2.53. The van der Waals surface area contributed by atoms with E-state index in [1.54, 1.807) is 30.5 Å². The van der Waals surface area contributed by atoms with Crippen LogP contribution in [0.25, 0.3) is 0 Å². The molecule has 1 saturated heterocycles. The zero-order valence-electron chi connectivity index (χ0n) is 13.3. The molecule has 1 aromatic carbocycles. The van der Waals surface area contributed by atoms with Crippen molar-refractivity contribution >= 4 is 17.4 Å². The van der Waals surface area contributed by atoms with Crippen molar-refractivity contribution in [1.29, 1.82) is 5.26 Å². The molecule has 0 aromatic heterocycles. The quantitative estimate of drug-likeness (QED) is 0.527. The predicted molar refractivity (Wildman–Crippen MR) is 88.8 cm³/mol. The van der Waals surface area contributed by atoms with Crippen molar-refractivity contribution in [3.05, 3.63) is 41.6 Å². The molecule has 1 N–H and O–H groups in total. The molecule has 1 heterocycles. The Balaban J connectivity index is 2.04. The van der Waals surface area contributed by atoms with E-state index in [1.807, 2.05) is 11.0 Å². The minimum absolute atomic E-state index is 0.0263. The van der Waals surface area contributed by atoms with Crippen LogP contribution in [0, 0.1) is 11.3 Å². The Hall–Kier alpha value is -2.61. The van der Waals surface area contributed by atoms with Gasteiger partial charge in [-0.15, -0.1) is 0 Å². The molecule has 1 aromatic rings. The van der Waals surface area contributed by atoms with Crippen LogP contribution in [0.4, 0.5) is 5.69 Å². The summed E-state index contributed by atoms with van der Waals surface area (Å²) in [5.74, 6) is -0.450. The molecule has 1 aliphatic rings. The van der Waals surface area contributed by atoms with Gasteiger partial charge in [0.2, 0.25) is 0 Å². The molecular formula is C18H21N3O2. The van der Waals surface area contributed by atoms with E-state index < -0.39 is 5.91 Å². The lowest BCUT2D eigenvalue weighted by molar-refractivity contribution is -0.112. The number of carbonyl (C=O) groups is 2. The van der Waals surface area contributed by atoms with Gasteiger partial charge >= 0.3 is 0 Å². The number of nitrogens with zero attached hydrogens (tertiary/aromatic N) is 2. The Bertz CT molecular complexity index is 633. The van der Waals surface area contributed by atoms with Crippen molar-refractivity contribution in [3.63, 3.8) is 0 Å². The van der Waals surface area contributed by atoms with E-state index in [0.717, 1.165) is 25.9 Å². The number of nitriles is 1. The standard InChI is InChI=1S/C18H21N3O2/c1-14(22)15-6-8-17(9-7-15)20-18(23)16(12-19)13-21-10-4-2-3-5-11-21/h6-9,13H,2-5,10-11H2,1H3,(H,20,23)/b16-13-. The zero-order chi connectivity index (χ0) is 16.7. The van der Waals surface area contributed by atoms with Crippen LogP contribution in [-0.2, 0) is 4.79 Å². The van der Waals surface area contributed by atoms with Gasteiger partial charge in [-0.2, -0.15) is 5.26 Å². The Morgan fingerprint density at radius 3 is 2.26 bits per heavy atom. The third kappa shape index (κ3) is 4.96. The maximum Gasteiger partial charge on any atom is 0.267 e. The molecule has 1 amide bonds. The highest BCUT2D eigenvalue weighted by Gasteiger charge is 2.13. The highest BCUT2D eigenvalue weighted by Crippen LogP contribution is 2.14. The molecule has 5 heteroatoms. The van der Waals surface area contributed by atoms with Crippen LogP contribution in [0.1, 0.15) is 43.0 Å². The third-order valence-corrected chi connectivity index (χ3v) is 3.87. The van der Waals surface area contributed by atoms with Gasteiger partial charge in [0, 0.05) is 30.5 Å². The van der Waals surface area contributed by atoms with Gasteiger partial charge in [0.25, 0.3) is 5.91 Å². The second-order valence-corrected chi connectivity index (χ2v) is 5.69. The SMILES string of the molecule is CC(=O)c1ccc(NC(=O)/C(C#N)=C\N2CCCCCC2)cc1. The fourth-order valence-corrected chi connectivity index (χ4v) is 2.53. The highest BCUT2D eigenvalue weighted by atomic mass is 16.1. The Labute approximate surface area is 136 Å². The molecule has 0 bridgehead atoms. The van der Waals surface area contributed by atoms with Gasteiger partial charge in [0.1, 0.15) is 11.6 Å². The van der Waals surface area contributed by atoms with E-state index in [0.29, 0.717) is 11.3 Å². The summed E-state index contributed by atoms with van der Waals surface area (Å²) in [6, 6.07) is 8.61. The number of Topliss-reactive ketones (excluding diaryl/α,β-unsaturated/α-hetero) is 1. The van der Waals surface area contributed by atoms with E-state index in [9.17, 15) is 14.9 Å². The summed E-state index contributed by atoms with van der Waals surface area (Å²) < 4.78 is 0. The maximum absolute atomic E-state index is 12.2. The number of amides is 1. The first-order valence-corrected chi connectivity index (χ1v) is 7.88. The van der Waals surface area contributed by atoms with Gasteiger partial charge in [-0.05, 0) is 44.0 Å². The molecule has 1 fully saturated rings. The summed E-state index contributed by atoms with van der Waals surface area (Å²) >= 11 is 0. The summed E-state index contributed by atoms with van der Waals surface area (Å²) in [4.78, 5) is 25.5. The summed E-state index contributed by atoms with van der Waals surface area (Å²) in [7, 11) is 0. The van der Waals surface area contributed by atoms with Crippen molar-refractivity contribution in [2.75, 3.05) is 18.4 Å². The number of nitrogens with one attached hydrogen (secondary N) is 1. The Morgan fingerprint density at radius 2 is 1.74 bits per heavy atom. The third-order valence-electron chi connectivity index (χ3n) is 3.87. The molecule has 1 aliphatic heterocycles. The van der Waals surface area contributed by atoms with Gasteiger partial charge in [0.15, 0.2) is 5.78 Å². The Morgan fingerprint density at radius 1 is 1.13 bits per heavy atom. The number of rotatable bonds is 4. The summed E-state index contributed by atoms with van der Waals surface area (Å²) in [6.07, 6.45) is 6.22. The van der Waals surface area contributed by atoms with Crippen LogP contribution in [0.2, 0.25) is 0 Å². The lowest BCUT2D eigenvalue weighted by Crippen LogP contribution is -2.22. The van der Waals surface area contributed by atoms with Crippen LogP contribution in [-0.4, -0.2) is 29.7 Å². The molecule has 5 nitrogen and oxygen atoms in total. The van der Waals surface area contributed by atoms with Crippen LogP contribution < -0.4 is 5.32 Å². The second kappa shape index (κ2) is 8.14. The maximum atomic E-state index is 12.2. The average molecular weight is 311 g/mol. The normalized spacial score (nSPS) is 15.5. The number of hydrogen-bond donors (Lipinski definition) is 1. The van der Waals surface area contributed by atoms with Gasteiger partial charge in [-0.1, -0.05) is 12.8 Å².